The maximum Gasteiger partial charge on any atom is 0.420 e. The van der Waals surface area contributed by atoms with E-state index in [2.05, 4.69) is 4.98 Å². The first-order chi connectivity index (χ1) is 5.96. The van der Waals surface area contributed by atoms with E-state index in [9.17, 15) is 13.2 Å². The lowest BCUT2D eigenvalue weighted by molar-refractivity contribution is -0.137. The van der Waals surface area contributed by atoms with Crippen LogP contribution < -0.4 is 5.73 Å². The van der Waals surface area contributed by atoms with Gasteiger partial charge in [-0.15, -0.1) is 11.6 Å². The number of hydrogen-bond acceptors (Lipinski definition) is 2. The first-order valence-electron chi connectivity index (χ1n) is 3.33. The zero-order chi connectivity index (χ0) is 10.1. The van der Waals surface area contributed by atoms with Gasteiger partial charge in [0.05, 0.1) is 11.6 Å². The third-order valence-electron chi connectivity index (χ3n) is 1.47. The molecule has 0 unspecified atom stereocenters. The van der Waals surface area contributed by atoms with Crippen LogP contribution in [0.15, 0.2) is 12.3 Å². The van der Waals surface area contributed by atoms with E-state index in [0.717, 1.165) is 6.07 Å². The molecular formula is C7H6ClF3N2. The molecule has 0 saturated carbocycles. The van der Waals surface area contributed by atoms with E-state index in [1.165, 1.54) is 6.20 Å². The molecule has 1 heterocycles. The van der Waals surface area contributed by atoms with Crippen molar-refractivity contribution < 1.29 is 13.2 Å². The second kappa shape index (κ2) is 3.41. The third kappa shape index (κ3) is 2.03. The SMILES string of the molecule is Nc1ccnc(CCl)c1C(F)(F)F. The molecule has 1 aromatic rings. The number of alkyl halides is 4. The highest BCUT2D eigenvalue weighted by molar-refractivity contribution is 6.17. The lowest BCUT2D eigenvalue weighted by Gasteiger charge is -2.12. The van der Waals surface area contributed by atoms with Gasteiger partial charge in [-0.3, -0.25) is 4.98 Å². The highest BCUT2D eigenvalue weighted by Gasteiger charge is 2.36. The average molecular weight is 211 g/mol. The van der Waals surface area contributed by atoms with Crippen LogP contribution in [0.25, 0.3) is 0 Å². The van der Waals surface area contributed by atoms with Gasteiger partial charge in [0, 0.05) is 11.9 Å². The molecule has 2 N–H and O–H groups in total. The molecule has 0 fully saturated rings. The lowest BCUT2D eigenvalue weighted by Crippen LogP contribution is -2.13. The Morgan fingerprint density at radius 1 is 1.46 bits per heavy atom. The molecule has 0 radical (unpaired) electrons. The quantitative estimate of drug-likeness (QED) is 0.723. The van der Waals surface area contributed by atoms with Crippen LogP contribution in [0.2, 0.25) is 0 Å². The van der Waals surface area contributed by atoms with E-state index in [4.69, 9.17) is 17.3 Å². The molecule has 0 bridgehead atoms. The number of nitrogen functional groups attached to an aromatic ring is 1. The molecular weight excluding hydrogens is 205 g/mol. The topological polar surface area (TPSA) is 38.9 Å². The number of halogens is 4. The Labute approximate surface area is 77.5 Å². The fourth-order valence-corrected chi connectivity index (χ4v) is 1.15. The van der Waals surface area contributed by atoms with Crippen molar-refractivity contribution in [2.24, 2.45) is 0 Å². The molecule has 0 aliphatic carbocycles. The fourth-order valence-electron chi connectivity index (χ4n) is 0.951. The summed E-state index contributed by atoms with van der Waals surface area (Å²) in [6, 6.07) is 1.10. The Morgan fingerprint density at radius 2 is 2.08 bits per heavy atom. The molecule has 1 aromatic heterocycles. The first-order valence-corrected chi connectivity index (χ1v) is 3.86. The van der Waals surface area contributed by atoms with Crippen molar-refractivity contribution in [3.8, 4) is 0 Å². The molecule has 2 nitrogen and oxygen atoms in total. The van der Waals surface area contributed by atoms with Gasteiger partial charge in [0.2, 0.25) is 0 Å². The van der Waals surface area contributed by atoms with Gasteiger partial charge < -0.3 is 5.73 Å². The zero-order valence-corrected chi connectivity index (χ0v) is 7.15. The van der Waals surface area contributed by atoms with Crippen LogP contribution in [0.1, 0.15) is 11.3 Å². The Hall–Kier alpha value is -0.970. The van der Waals surface area contributed by atoms with Gasteiger partial charge in [0.15, 0.2) is 0 Å². The number of rotatable bonds is 1. The maximum atomic E-state index is 12.3. The van der Waals surface area contributed by atoms with E-state index < -0.39 is 11.7 Å². The Balaban J connectivity index is 3.32. The summed E-state index contributed by atoms with van der Waals surface area (Å²) >= 11 is 5.29. The molecule has 0 saturated heterocycles. The minimum Gasteiger partial charge on any atom is -0.398 e. The van der Waals surface area contributed by atoms with Crippen LogP contribution in [-0.2, 0) is 12.1 Å². The van der Waals surface area contributed by atoms with Gasteiger partial charge in [0.1, 0.15) is 5.56 Å². The van der Waals surface area contributed by atoms with Crippen LogP contribution in [0, 0.1) is 0 Å². The summed E-state index contributed by atoms with van der Waals surface area (Å²) < 4.78 is 37.0. The molecule has 1 rings (SSSR count). The van der Waals surface area contributed by atoms with E-state index in [1.54, 1.807) is 0 Å². The smallest absolute Gasteiger partial charge is 0.398 e. The summed E-state index contributed by atoms with van der Waals surface area (Å²) in [5.41, 5.74) is 3.63. The Morgan fingerprint density at radius 3 is 2.46 bits per heavy atom. The lowest BCUT2D eigenvalue weighted by atomic mass is 10.1. The maximum absolute atomic E-state index is 12.3. The number of aromatic nitrogens is 1. The third-order valence-corrected chi connectivity index (χ3v) is 1.72. The standard InChI is InChI=1S/C7H6ClF3N2/c8-3-5-6(7(9,10)11)4(12)1-2-13-5/h1-2H,3H2,(H2,12,13). The van der Waals surface area contributed by atoms with Crippen molar-refractivity contribution in [3.05, 3.63) is 23.5 Å². The normalized spacial score (nSPS) is 11.7. The van der Waals surface area contributed by atoms with Gasteiger partial charge in [-0.2, -0.15) is 13.2 Å². The van der Waals surface area contributed by atoms with Gasteiger partial charge in [-0.25, -0.2) is 0 Å². The predicted molar refractivity (Wildman–Crippen MR) is 43.2 cm³/mol. The summed E-state index contributed by atoms with van der Waals surface area (Å²) in [6.07, 6.45) is -3.30. The Kier molecular flexibility index (Phi) is 2.66. The second-order valence-electron chi connectivity index (χ2n) is 2.35. The van der Waals surface area contributed by atoms with Gasteiger partial charge in [0.25, 0.3) is 0 Å². The summed E-state index contributed by atoms with van der Waals surface area (Å²) in [6.45, 7) is 0. The molecule has 6 heteroatoms. The number of hydrogen-bond donors (Lipinski definition) is 1. The molecule has 0 aromatic carbocycles. The van der Waals surface area contributed by atoms with Crippen molar-refractivity contribution in [1.29, 1.82) is 0 Å². The molecule has 0 amide bonds. The van der Waals surface area contributed by atoms with E-state index in [1.807, 2.05) is 0 Å². The molecule has 0 atom stereocenters. The zero-order valence-electron chi connectivity index (χ0n) is 6.40. The Bertz CT molecular complexity index is 311. The molecule has 0 aliphatic rings. The van der Waals surface area contributed by atoms with Crippen LogP contribution >= 0.6 is 11.6 Å². The van der Waals surface area contributed by atoms with Crippen molar-refractivity contribution in [3.63, 3.8) is 0 Å². The van der Waals surface area contributed by atoms with Gasteiger partial charge in [-0.05, 0) is 6.07 Å². The van der Waals surface area contributed by atoms with Crippen molar-refractivity contribution in [1.82, 2.24) is 4.98 Å². The number of anilines is 1. The minimum atomic E-state index is -4.50. The fraction of sp³-hybridized carbons (Fsp3) is 0.286. The molecule has 72 valence electrons. The largest absolute Gasteiger partial charge is 0.420 e. The van der Waals surface area contributed by atoms with Crippen molar-refractivity contribution in [2.75, 3.05) is 5.73 Å². The van der Waals surface area contributed by atoms with Crippen LogP contribution in [0.5, 0.6) is 0 Å². The molecule has 13 heavy (non-hydrogen) atoms. The summed E-state index contributed by atoms with van der Waals surface area (Å²) in [5.74, 6) is -0.306. The van der Waals surface area contributed by atoms with Crippen LogP contribution in [0.3, 0.4) is 0 Å². The summed E-state index contributed by atoms with van der Waals surface area (Å²) in [7, 11) is 0. The van der Waals surface area contributed by atoms with Crippen LogP contribution in [-0.4, -0.2) is 4.98 Å². The molecule has 0 aliphatic heterocycles. The minimum absolute atomic E-state index is 0.242. The summed E-state index contributed by atoms with van der Waals surface area (Å²) in [5, 5.41) is 0. The van der Waals surface area contributed by atoms with Crippen molar-refractivity contribution >= 4 is 17.3 Å². The highest BCUT2D eigenvalue weighted by atomic mass is 35.5. The number of nitrogens with zero attached hydrogens (tertiary/aromatic N) is 1. The highest BCUT2D eigenvalue weighted by Crippen LogP contribution is 2.35. The predicted octanol–water partition coefficient (Wildman–Crippen LogP) is 2.42. The second-order valence-corrected chi connectivity index (χ2v) is 2.62. The molecule has 0 spiro atoms. The van der Waals surface area contributed by atoms with Gasteiger partial charge in [-0.1, -0.05) is 0 Å². The van der Waals surface area contributed by atoms with E-state index in [0.29, 0.717) is 0 Å². The van der Waals surface area contributed by atoms with Crippen molar-refractivity contribution in [2.45, 2.75) is 12.1 Å². The summed E-state index contributed by atoms with van der Waals surface area (Å²) in [4.78, 5) is 3.49. The number of nitrogens with two attached hydrogens (primary N) is 1. The number of pyridine rings is 1. The van der Waals surface area contributed by atoms with E-state index >= 15 is 0 Å². The van der Waals surface area contributed by atoms with Gasteiger partial charge >= 0.3 is 6.18 Å². The van der Waals surface area contributed by atoms with Crippen LogP contribution in [0.4, 0.5) is 18.9 Å². The van der Waals surface area contributed by atoms with E-state index in [-0.39, 0.29) is 17.3 Å². The first kappa shape index (κ1) is 10.1. The monoisotopic (exact) mass is 210 g/mol. The average Bonchev–Trinajstić information content (AvgIpc) is 2.01.